The molecule has 2 heterocycles. The molecule has 0 fully saturated rings. The SMILES string of the molecule is CCOC(=O)c1sc(N)c(C#N)c1COC(=O)Cc1coc2cc(C)ccc12. The number of thiophene rings is 1. The lowest BCUT2D eigenvalue weighted by Gasteiger charge is -2.06. The minimum absolute atomic E-state index is 0.00626. The number of nitrogen functional groups attached to an aromatic ring is 1. The van der Waals surface area contributed by atoms with Gasteiger partial charge in [0, 0.05) is 16.5 Å². The predicted octanol–water partition coefficient (Wildman–Crippen LogP) is 3.72. The van der Waals surface area contributed by atoms with Crippen LogP contribution in [0.25, 0.3) is 11.0 Å². The van der Waals surface area contributed by atoms with Gasteiger partial charge < -0.3 is 19.6 Å². The van der Waals surface area contributed by atoms with Crippen LogP contribution in [0.5, 0.6) is 0 Å². The summed E-state index contributed by atoms with van der Waals surface area (Å²) in [4.78, 5) is 24.6. The summed E-state index contributed by atoms with van der Waals surface area (Å²) in [6, 6.07) is 7.67. The summed E-state index contributed by atoms with van der Waals surface area (Å²) in [7, 11) is 0. The van der Waals surface area contributed by atoms with Gasteiger partial charge in [0.25, 0.3) is 0 Å². The molecule has 7 nitrogen and oxygen atoms in total. The number of hydrogen-bond donors (Lipinski definition) is 1. The van der Waals surface area contributed by atoms with E-state index in [4.69, 9.17) is 19.6 Å². The van der Waals surface area contributed by atoms with Crippen molar-refractivity contribution in [1.82, 2.24) is 0 Å². The molecule has 0 saturated heterocycles. The first-order valence-corrected chi connectivity index (χ1v) is 9.37. The summed E-state index contributed by atoms with van der Waals surface area (Å²) >= 11 is 0.948. The van der Waals surface area contributed by atoms with Gasteiger partial charge in [-0.2, -0.15) is 5.26 Å². The van der Waals surface area contributed by atoms with Crippen LogP contribution in [0.2, 0.25) is 0 Å². The van der Waals surface area contributed by atoms with Gasteiger partial charge in [-0.15, -0.1) is 11.3 Å². The van der Waals surface area contributed by atoms with E-state index >= 15 is 0 Å². The van der Waals surface area contributed by atoms with E-state index < -0.39 is 11.9 Å². The van der Waals surface area contributed by atoms with E-state index in [-0.39, 0.29) is 40.6 Å². The number of nitriles is 1. The molecule has 0 amide bonds. The number of benzene rings is 1. The second-order valence-corrected chi connectivity index (χ2v) is 7.13. The number of carbonyl (C=O) groups excluding carboxylic acids is 2. The third-order valence-electron chi connectivity index (χ3n) is 4.13. The quantitative estimate of drug-likeness (QED) is 0.629. The Morgan fingerprint density at radius 1 is 1.32 bits per heavy atom. The zero-order valence-electron chi connectivity index (χ0n) is 15.4. The van der Waals surface area contributed by atoms with Crippen molar-refractivity contribution >= 4 is 39.2 Å². The Hall–Kier alpha value is -3.31. The van der Waals surface area contributed by atoms with Crippen molar-refractivity contribution in [2.75, 3.05) is 12.3 Å². The third kappa shape index (κ3) is 3.85. The molecular formula is C20H18N2O5S. The first-order valence-electron chi connectivity index (χ1n) is 8.55. The molecule has 0 unspecified atom stereocenters. The van der Waals surface area contributed by atoms with E-state index in [0.29, 0.717) is 11.1 Å². The molecule has 28 heavy (non-hydrogen) atoms. The molecule has 0 aliphatic rings. The second kappa shape index (κ2) is 8.15. The van der Waals surface area contributed by atoms with Gasteiger partial charge >= 0.3 is 11.9 Å². The van der Waals surface area contributed by atoms with Crippen LogP contribution in [0.15, 0.2) is 28.9 Å². The van der Waals surface area contributed by atoms with E-state index in [2.05, 4.69) is 0 Å². The monoisotopic (exact) mass is 398 g/mol. The summed E-state index contributed by atoms with van der Waals surface area (Å²) in [5, 5.41) is 10.3. The van der Waals surface area contributed by atoms with Crippen molar-refractivity contribution in [3.63, 3.8) is 0 Å². The van der Waals surface area contributed by atoms with Crippen LogP contribution in [-0.2, 0) is 27.3 Å². The fraction of sp³-hybridized carbons (Fsp3) is 0.250. The largest absolute Gasteiger partial charge is 0.464 e. The summed E-state index contributed by atoms with van der Waals surface area (Å²) in [5.41, 5.74) is 8.67. The average molecular weight is 398 g/mol. The maximum atomic E-state index is 12.3. The first kappa shape index (κ1) is 19.5. The minimum atomic E-state index is -0.594. The van der Waals surface area contributed by atoms with Gasteiger partial charge in [-0.05, 0) is 25.5 Å². The van der Waals surface area contributed by atoms with Gasteiger partial charge in [0.05, 0.1) is 24.9 Å². The van der Waals surface area contributed by atoms with Gasteiger partial charge in [-0.25, -0.2) is 4.79 Å². The van der Waals surface area contributed by atoms with Crippen molar-refractivity contribution in [3.8, 4) is 6.07 Å². The van der Waals surface area contributed by atoms with E-state index in [0.717, 1.165) is 22.3 Å². The molecule has 8 heteroatoms. The van der Waals surface area contributed by atoms with Crippen LogP contribution >= 0.6 is 11.3 Å². The summed E-state index contributed by atoms with van der Waals surface area (Å²) in [5.74, 6) is -1.10. The van der Waals surface area contributed by atoms with Gasteiger partial charge in [0.1, 0.15) is 28.1 Å². The topological polar surface area (TPSA) is 116 Å². The van der Waals surface area contributed by atoms with Crippen LogP contribution in [0.4, 0.5) is 5.00 Å². The molecule has 0 spiro atoms. The van der Waals surface area contributed by atoms with E-state index in [9.17, 15) is 14.9 Å². The predicted molar refractivity (Wildman–Crippen MR) is 104 cm³/mol. The summed E-state index contributed by atoms with van der Waals surface area (Å²) in [6.45, 7) is 3.58. The number of ether oxygens (including phenoxy) is 2. The standard InChI is InChI=1S/C20H18N2O5S/c1-3-25-20(24)18-15(14(8-21)19(22)28-18)10-27-17(23)7-12-9-26-16-6-11(2)4-5-13(12)16/h4-6,9H,3,7,10,22H2,1-2H3. The maximum Gasteiger partial charge on any atom is 0.348 e. The van der Waals surface area contributed by atoms with Crippen LogP contribution in [0.1, 0.15) is 38.8 Å². The Balaban J connectivity index is 1.75. The number of anilines is 1. The lowest BCUT2D eigenvalue weighted by Crippen LogP contribution is -2.11. The molecule has 1 aromatic carbocycles. The Morgan fingerprint density at radius 3 is 2.82 bits per heavy atom. The molecule has 0 aliphatic carbocycles. The number of esters is 2. The minimum Gasteiger partial charge on any atom is -0.464 e. The van der Waals surface area contributed by atoms with Gasteiger partial charge in [0.2, 0.25) is 0 Å². The van der Waals surface area contributed by atoms with Crippen molar-refractivity contribution in [2.45, 2.75) is 26.9 Å². The molecule has 0 atom stereocenters. The molecule has 3 aromatic rings. The smallest absolute Gasteiger partial charge is 0.348 e. The van der Waals surface area contributed by atoms with Gasteiger partial charge in [0.15, 0.2) is 0 Å². The van der Waals surface area contributed by atoms with Crippen LogP contribution < -0.4 is 5.73 Å². The van der Waals surface area contributed by atoms with Crippen LogP contribution in [0, 0.1) is 18.3 Å². The zero-order valence-corrected chi connectivity index (χ0v) is 16.2. The average Bonchev–Trinajstić information content (AvgIpc) is 3.20. The highest BCUT2D eigenvalue weighted by Gasteiger charge is 2.24. The lowest BCUT2D eigenvalue weighted by molar-refractivity contribution is -0.144. The van der Waals surface area contributed by atoms with E-state index in [1.54, 1.807) is 6.92 Å². The number of carbonyl (C=O) groups is 2. The van der Waals surface area contributed by atoms with Crippen LogP contribution in [0.3, 0.4) is 0 Å². The number of furan rings is 1. The van der Waals surface area contributed by atoms with Crippen molar-refractivity contribution in [3.05, 3.63) is 51.6 Å². The highest BCUT2D eigenvalue weighted by atomic mass is 32.1. The Morgan fingerprint density at radius 2 is 2.11 bits per heavy atom. The van der Waals surface area contributed by atoms with E-state index in [1.165, 1.54) is 6.26 Å². The van der Waals surface area contributed by atoms with E-state index in [1.807, 2.05) is 31.2 Å². The molecule has 3 rings (SSSR count). The normalized spacial score (nSPS) is 10.6. The highest BCUT2D eigenvalue weighted by Crippen LogP contribution is 2.32. The summed E-state index contributed by atoms with van der Waals surface area (Å²) < 4.78 is 15.8. The maximum absolute atomic E-state index is 12.3. The van der Waals surface area contributed by atoms with Gasteiger partial charge in [-0.3, -0.25) is 4.79 Å². The fourth-order valence-corrected chi connectivity index (χ4v) is 3.71. The molecule has 144 valence electrons. The number of nitrogens with two attached hydrogens (primary N) is 1. The second-order valence-electron chi connectivity index (χ2n) is 6.08. The molecule has 0 radical (unpaired) electrons. The number of nitrogens with zero attached hydrogens (tertiary/aromatic N) is 1. The first-order chi connectivity index (χ1) is 13.4. The van der Waals surface area contributed by atoms with Gasteiger partial charge in [-0.1, -0.05) is 12.1 Å². The number of aryl methyl sites for hydroxylation is 1. The third-order valence-corrected chi connectivity index (χ3v) is 5.17. The Labute approximate surface area is 165 Å². The van der Waals surface area contributed by atoms with Crippen molar-refractivity contribution in [1.29, 1.82) is 5.26 Å². The number of rotatable bonds is 6. The summed E-state index contributed by atoms with van der Waals surface area (Å²) in [6.07, 6.45) is 1.53. The molecule has 0 aliphatic heterocycles. The Kier molecular flexibility index (Phi) is 5.66. The number of hydrogen-bond acceptors (Lipinski definition) is 8. The van der Waals surface area contributed by atoms with Crippen molar-refractivity contribution < 1.29 is 23.5 Å². The molecule has 0 saturated carbocycles. The number of fused-ring (bicyclic) bond motifs is 1. The fourth-order valence-electron chi connectivity index (χ4n) is 2.79. The van der Waals surface area contributed by atoms with Crippen LogP contribution in [-0.4, -0.2) is 18.5 Å². The molecule has 2 N–H and O–H groups in total. The lowest BCUT2D eigenvalue weighted by atomic mass is 10.1. The molecular weight excluding hydrogens is 380 g/mol. The molecule has 0 bridgehead atoms. The highest BCUT2D eigenvalue weighted by molar-refractivity contribution is 7.18. The van der Waals surface area contributed by atoms with Crippen molar-refractivity contribution in [2.24, 2.45) is 0 Å². The zero-order chi connectivity index (χ0) is 20.3. The molecule has 2 aromatic heterocycles. The Bertz CT molecular complexity index is 1090.